The average molecular weight is 304 g/mol. The number of thiol groups is 1. The van der Waals surface area contributed by atoms with Gasteiger partial charge in [-0.1, -0.05) is 18.6 Å². The van der Waals surface area contributed by atoms with Gasteiger partial charge in [0.05, 0.1) is 12.8 Å². The van der Waals surface area contributed by atoms with Gasteiger partial charge in [-0.25, -0.2) is 4.68 Å². The van der Waals surface area contributed by atoms with E-state index in [0.29, 0.717) is 17.9 Å². The van der Waals surface area contributed by atoms with Crippen molar-refractivity contribution in [1.82, 2.24) is 9.78 Å². The molecular formula is C16H20N2O2S. The third kappa shape index (κ3) is 3.29. The summed E-state index contributed by atoms with van der Waals surface area (Å²) in [6.45, 7) is 4.64. The van der Waals surface area contributed by atoms with Crippen LogP contribution in [0.2, 0.25) is 0 Å². The molecule has 0 aliphatic carbocycles. The minimum Gasteiger partial charge on any atom is -0.496 e. The predicted octanol–water partition coefficient (Wildman–Crippen LogP) is 3.07. The number of hydrogen-bond acceptors (Lipinski definition) is 4. The van der Waals surface area contributed by atoms with Gasteiger partial charge in [-0.15, -0.1) is 0 Å². The predicted molar refractivity (Wildman–Crippen MR) is 88.2 cm³/mol. The second-order valence-electron chi connectivity index (χ2n) is 4.94. The molecule has 0 amide bonds. The van der Waals surface area contributed by atoms with Gasteiger partial charge >= 0.3 is 0 Å². The van der Waals surface area contributed by atoms with E-state index in [1.54, 1.807) is 13.2 Å². The van der Waals surface area contributed by atoms with Crippen molar-refractivity contribution in [3.05, 3.63) is 45.7 Å². The lowest BCUT2D eigenvalue weighted by atomic mass is 10.1. The fraction of sp³-hybridized carbons (Fsp3) is 0.375. The zero-order valence-corrected chi connectivity index (χ0v) is 13.5. The lowest BCUT2D eigenvalue weighted by Crippen LogP contribution is -2.26. The molecule has 0 atom stereocenters. The normalized spacial score (nSPS) is 10.7. The van der Waals surface area contributed by atoms with E-state index in [2.05, 4.69) is 17.7 Å². The lowest BCUT2D eigenvalue weighted by Gasteiger charge is -2.12. The fourth-order valence-corrected chi connectivity index (χ4v) is 2.45. The standard InChI is InChI=1S/C16H20N2O2S/c1-4-7-18-16(19)12(10-21)9-14(17-18)13-8-11(2)5-6-15(13)20-3/h5-6,8-9,21H,4,7,10H2,1-3H3. The van der Waals surface area contributed by atoms with Crippen molar-refractivity contribution in [3.63, 3.8) is 0 Å². The molecule has 0 bridgehead atoms. The molecule has 0 spiro atoms. The molecule has 0 N–H and O–H groups in total. The maximum absolute atomic E-state index is 12.2. The maximum Gasteiger partial charge on any atom is 0.270 e. The first-order chi connectivity index (χ1) is 10.1. The number of hydrogen-bond donors (Lipinski definition) is 1. The van der Waals surface area contributed by atoms with Crippen LogP contribution in [0.15, 0.2) is 29.1 Å². The average Bonchev–Trinajstić information content (AvgIpc) is 2.49. The van der Waals surface area contributed by atoms with Crippen molar-refractivity contribution in [3.8, 4) is 17.0 Å². The van der Waals surface area contributed by atoms with Gasteiger partial charge in [0.1, 0.15) is 5.75 Å². The molecule has 0 radical (unpaired) electrons. The number of rotatable bonds is 5. The molecule has 21 heavy (non-hydrogen) atoms. The molecule has 0 saturated heterocycles. The Kier molecular flexibility index (Phi) is 5.07. The van der Waals surface area contributed by atoms with Crippen molar-refractivity contribution in [1.29, 1.82) is 0 Å². The molecule has 0 saturated carbocycles. The molecule has 2 aromatic rings. The van der Waals surface area contributed by atoms with Crippen molar-refractivity contribution in [2.45, 2.75) is 32.6 Å². The van der Waals surface area contributed by atoms with E-state index < -0.39 is 0 Å². The number of methoxy groups -OCH3 is 1. The Morgan fingerprint density at radius 3 is 2.71 bits per heavy atom. The van der Waals surface area contributed by atoms with Gasteiger partial charge in [0.25, 0.3) is 5.56 Å². The molecule has 1 heterocycles. The summed E-state index contributed by atoms with van der Waals surface area (Å²) in [5, 5.41) is 4.48. The maximum atomic E-state index is 12.2. The van der Waals surface area contributed by atoms with E-state index in [1.807, 2.05) is 32.0 Å². The van der Waals surface area contributed by atoms with E-state index >= 15 is 0 Å². The lowest BCUT2D eigenvalue weighted by molar-refractivity contribution is 0.416. The molecule has 0 aliphatic rings. The first-order valence-corrected chi connectivity index (χ1v) is 7.60. The number of aromatic nitrogens is 2. The minimum atomic E-state index is -0.0674. The number of benzene rings is 1. The monoisotopic (exact) mass is 304 g/mol. The fourth-order valence-electron chi connectivity index (χ4n) is 2.23. The van der Waals surface area contributed by atoms with Crippen LogP contribution in [0.1, 0.15) is 24.5 Å². The number of ether oxygens (including phenoxy) is 1. The van der Waals surface area contributed by atoms with Crippen molar-refractivity contribution >= 4 is 12.6 Å². The quantitative estimate of drug-likeness (QED) is 0.863. The van der Waals surface area contributed by atoms with Gasteiger partial charge < -0.3 is 4.74 Å². The highest BCUT2D eigenvalue weighted by Gasteiger charge is 2.12. The molecule has 0 unspecified atom stereocenters. The van der Waals surface area contributed by atoms with Crippen LogP contribution in [0, 0.1) is 6.92 Å². The molecule has 0 aliphatic heterocycles. The minimum absolute atomic E-state index is 0.0674. The molecule has 2 rings (SSSR count). The van der Waals surface area contributed by atoms with Gasteiger partial charge in [-0.2, -0.15) is 17.7 Å². The van der Waals surface area contributed by atoms with Crippen molar-refractivity contribution in [2.24, 2.45) is 0 Å². The van der Waals surface area contributed by atoms with Crippen LogP contribution in [0.4, 0.5) is 0 Å². The third-order valence-corrected chi connectivity index (χ3v) is 3.63. The topological polar surface area (TPSA) is 44.1 Å². The molecule has 5 heteroatoms. The summed E-state index contributed by atoms with van der Waals surface area (Å²) in [5.41, 5.74) is 3.34. The van der Waals surface area contributed by atoms with Crippen LogP contribution < -0.4 is 10.3 Å². The summed E-state index contributed by atoms with van der Waals surface area (Å²) in [6, 6.07) is 7.73. The first kappa shape index (κ1) is 15.6. The second-order valence-corrected chi connectivity index (χ2v) is 5.26. The van der Waals surface area contributed by atoms with Crippen molar-refractivity contribution in [2.75, 3.05) is 7.11 Å². The van der Waals surface area contributed by atoms with Gasteiger partial charge in [0.2, 0.25) is 0 Å². The van der Waals surface area contributed by atoms with Crippen LogP contribution in [0.3, 0.4) is 0 Å². The van der Waals surface area contributed by atoms with E-state index in [1.165, 1.54) is 4.68 Å². The molecule has 1 aromatic heterocycles. The van der Waals surface area contributed by atoms with E-state index in [-0.39, 0.29) is 5.56 Å². The Morgan fingerprint density at radius 2 is 2.10 bits per heavy atom. The summed E-state index contributed by atoms with van der Waals surface area (Å²) in [5.74, 6) is 1.14. The Bertz CT molecular complexity index is 695. The second kappa shape index (κ2) is 6.80. The van der Waals surface area contributed by atoms with Crippen LogP contribution in [0.25, 0.3) is 11.3 Å². The van der Waals surface area contributed by atoms with Crippen molar-refractivity contribution < 1.29 is 4.74 Å². The first-order valence-electron chi connectivity index (χ1n) is 6.97. The van der Waals surface area contributed by atoms with Crippen LogP contribution >= 0.6 is 12.6 Å². The zero-order valence-electron chi connectivity index (χ0n) is 12.6. The highest BCUT2D eigenvalue weighted by Crippen LogP contribution is 2.29. The third-order valence-electron chi connectivity index (χ3n) is 3.29. The number of nitrogens with zero attached hydrogens (tertiary/aromatic N) is 2. The molecule has 112 valence electrons. The molecular weight excluding hydrogens is 284 g/mol. The number of aryl methyl sites for hydroxylation is 2. The smallest absolute Gasteiger partial charge is 0.270 e. The summed E-state index contributed by atoms with van der Waals surface area (Å²) >= 11 is 4.25. The highest BCUT2D eigenvalue weighted by atomic mass is 32.1. The summed E-state index contributed by atoms with van der Waals surface area (Å²) in [4.78, 5) is 12.2. The van der Waals surface area contributed by atoms with Gasteiger partial charge in [-0.05, 0) is 31.5 Å². The molecule has 0 fully saturated rings. The van der Waals surface area contributed by atoms with Gasteiger partial charge in [0, 0.05) is 23.4 Å². The zero-order chi connectivity index (χ0) is 15.4. The van der Waals surface area contributed by atoms with Crippen LogP contribution in [0.5, 0.6) is 5.75 Å². The SMILES string of the molecule is CCCn1nc(-c2cc(C)ccc2OC)cc(CS)c1=O. The largest absolute Gasteiger partial charge is 0.496 e. The Labute approximate surface area is 130 Å². The summed E-state index contributed by atoms with van der Waals surface area (Å²) < 4.78 is 6.93. The van der Waals surface area contributed by atoms with Crippen LogP contribution in [-0.4, -0.2) is 16.9 Å². The molecule has 4 nitrogen and oxygen atoms in total. The van der Waals surface area contributed by atoms with E-state index in [9.17, 15) is 4.79 Å². The summed E-state index contributed by atoms with van der Waals surface area (Å²) in [7, 11) is 1.63. The Balaban J connectivity index is 2.66. The Hall–Kier alpha value is -1.75. The van der Waals surface area contributed by atoms with Crippen LogP contribution in [-0.2, 0) is 12.3 Å². The van der Waals surface area contributed by atoms with E-state index in [0.717, 1.165) is 29.0 Å². The van der Waals surface area contributed by atoms with Gasteiger partial charge in [0.15, 0.2) is 0 Å². The highest BCUT2D eigenvalue weighted by molar-refractivity contribution is 7.79. The summed E-state index contributed by atoms with van der Waals surface area (Å²) in [6.07, 6.45) is 0.854. The Morgan fingerprint density at radius 1 is 1.33 bits per heavy atom. The van der Waals surface area contributed by atoms with E-state index in [4.69, 9.17) is 4.74 Å². The molecule has 1 aromatic carbocycles. The van der Waals surface area contributed by atoms with Gasteiger partial charge in [-0.3, -0.25) is 4.79 Å².